The number of hydrogen-bond donors (Lipinski definition) is 1. The lowest BCUT2D eigenvalue weighted by Gasteiger charge is -2.37. The summed E-state index contributed by atoms with van der Waals surface area (Å²) < 4.78 is 0. The standard InChI is InChI=1S/C17H18ClN/c1-12-5-2-3-8-17(12)13-9-16(10-13)19-15-7-4-6-14(18)11-15/h2-8,11,13,16,19H,9-10H2,1H3. The normalized spacial score (nSPS) is 21.8. The van der Waals surface area contributed by atoms with Crippen LogP contribution >= 0.6 is 11.6 Å². The van der Waals surface area contributed by atoms with Gasteiger partial charge in [0, 0.05) is 16.8 Å². The van der Waals surface area contributed by atoms with Crippen molar-refractivity contribution < 1.29 is 0 Å². The average molecular weight is 272 g/mol. The SMILES string of the molecule is Cc1ccccc1C1CC(Nc2cccc(Cl)c2)C1. The van der Waals surface area contributed by atoms with Crippen LogP contribution in [0.4, 0.5) is 5.69 Å². The first-order chi connectivity index (χ1) is 9.22. The molecule has 0 bridgehead atoms. The molecule has 0 amide bonds. The number of benzene rings is 2. The number of halogens is 1. The Hall–Kier alpha value is -1.47. The highest BCUT2D eigenvalue weighted by Gasteiger charge is 2.30. The third kappa shape index (κ3) is 2.76. The van der Waals surface area contributed by atoms with Gasteiger partial charge in [0.2, 0.25) is 0 Å². The minimum absolute atomic E-state index is 0.572. The zero-order valence-corrected chi connectivity index (χ0v) is 11.8. The molecule has 3 rings (SSSR count). The van der Waals surface area contributed by atoms with Gasteiger partial charge in [0.15, 0.2) is 0 Å². The smallest absolute Gasteiger partial charge is 0.0426 e. The summed E-state index contributed by atoms with van der Waals surface area (Å²) in [6.07, 6.45) is 2.41. The summed E-state index contributed by atoms with van der Waals surface area (Å²) in [5.41, 5.74) is 4.04. The molecule has 1 aliphatic carbocycles. The Labute approximate surface area is 119 Å². The largest absolute Gasteiger partial charge is 0.382 e. The van der Waals surface area contributed by atoms with Gasteiger partial charge in [-0.2, -0.15) is 0 Å². The van der Waals surface area contributed by atoms with E-state index in [9.17, 15) is 0 Å². The molecular formula is C17H18ClN. The zero-order chi connectivity index (χ0) is 13.2. The maximum atomic E-state index is 5.99. The fraction of sp³-hybridized carbons (Fsp3) is 0.294. The molecule has 1 N–H and O–H groups in total. The summed E-state index contributed by atoms with van der Waals surface area (Å²) in [6, 6.07) is 17.2. The number of nitrogens with one attached hydrogen (secondary N) is 1. The second kappa shape index (κ2) is 5.26. The van der Waals surface area contributed by atoms with Crippen LogP contribution in [0, 0.1) is 6.92 Å². The van der Waals surface area contributed by atoms with Gasteiger partial charge >= 0.3 is 0 Å². The first kappa shape index (κ1) is 12.6. The Balaban J connectivity index is 1.60. The van der Waals surface area contributed by atoms with Gasteiger partial charge in [0.05, 0.1) is 0 Å². The van der Waals surface area contributed by atoms with Gasteiger partial charge in [-0.1, -0.05) is 41.9 Å². The molecule has 0 saturated heterocycles. The molecule has 0 atom stereocenters. The van der Waals surface area contributed by atoms with E-state index in [0.29, 0.717) is 12.0 Å². The zero-order valence-electron chi connectivity index (χ0n) is 11.1. The van der Waals surface area contributed by atoms with E-state index in [0.717, 1.165) is 10.7 Å². The van der Waals surface area contributed by atoms with Gasteiger partial charge in [-0.15, -0.1) is 0 Å². The molecule has 0 unspecified atom stereocenters. The molecule has 0 aromatic heterocycles. The van der Waals surface area contributed by atoms with Gasteiger partial charge < -0.3 is 5.32 Å². The van der Waals surface area contributed by atoms with E-state index in [4.69, 9.17) is 11.6 Å². The third-order valence-electron chi connectivity index (χ3n) is 3.96. The summed E-state index contributed by atoms with van der Waals surface area (Å²) in [5.74, 6) is 0.706. The lowest BCUT2D eigenvalue weighted by molar-refractivity contribution is 0.373. The fourth-order valence-electron chi connectivity index (χ4n) is 2.85. The van der Waals surface area contributed by atoms with Gasteiger partial charge in [-0.25, -0.2) is 0 Å². The Kier molecular flexibility index (Phi) is 3.48. The monoisotopic (exact) mass is 271 g/mol. The Morgan fingerprint density at radius 2 is 1.84 bits per heavy atom. The van der Waals surface area contributed by atoms with Gasteiger partial charge in [0.1, 0.15) is 0 Å². The molecule has 0 spiro atoms. The van der Waals surface area contributed by atoms with Gasteiger partial charge in [0.25, 0.3) is 0 Å². The molecule has 1 fully saturated rings. The van der Waals surface area contributed by atoms with E-state index in [-0.39, 0.29) is 0 Å². The van der Waals surface area contributed by atoms with E-state index >= 15 is 0 Å². The van der Waals surface area contributed by atoms with Crippen LogP contribution in [0.3, 0.4) is 0 Å². The summed E-state index contributed by atoms with van der Waals surface area (Å²) in [7, 11) is 0. The molecular weight excluding hydrogens is 254 g/mol. The van der Waals surface area contributed by atoms with Crippen LogP contribution in [0.2, 0.25) is 5.02 Å². The van der Waals surface area contributed by atoms with E-state index in [2.05, 4.69) is 42.6 Å². The molecule has 0 heterocycles. The number of anilines is 1. The van der Waals surface area contributed by atoms with Crippen LogP contribution in [0.15, 0.2) is 48.5 Å². The highest BCUT2D eigenvalue weighted by molar-refractivity contribution is 6.30. The maximum absolute atomic E-state index is 5.99. The van der Waals surface area contributed by atoms with E-state index in [1.165, 1.54) is 24.0 Å². The quantitative estimate of drug-likeness (QED) is 0.828. The van der Waals surface area contributed by atoms with Crippen LogP contribution in [0.5, 0.6) is 0 Å². The molecule has 1 nitrogen and oxygen atoms in total. The van der Waals surface area contributed by atoms with Crippen LogP contribution in [-0.4, -0.2) is 6.04 Å². The summed E-state index contributed by atoms with van der Waals surface area (Å²) in [5, 5.41) is 4.35. The van der Waals surface area contributed by atoms with Crippen LogP contribution in [-0.2, 0) is 0 Å². The minimum Gasteiger partial charge on any atom is -0.382 e. The molecule has 19 heavy (non-hydrogen) atoms. The molecule has 2 heteroatoms. The van der Waals surface area contributed by atoms with E-state index < -0.39 is 0 Å². The van der Waals surface area contributed by atoms with Crippen molar-refractivity contribution in [2.24, 2.45) is 0 Å². The fourth-order valence-corrected chi connectivity index (χ4v) is 3.04. The maximum Gasteiger partial charge on any atom is 0.0426 e. The molecule has 0 radical (unpaired) electrons. The lowest BCUT2D eigenvalue weighted by Crippen LogP contribution is -2.34. The van der Waals surface area contributed by atoms with Crippen molar-refractivity contribution in [2.45, 2.75) is 31.7 Å². The van der Waals surface area contributed by atoms with Crippen molar-refractivity contribution in [3.05, 3.63) is 64.7 Å². The molecule has 1 aliphatic rings. The second-order valence-electron chi connectivity index (χ2n) is 5.38. The summed E-state index contributed by atoms with van der Waals surface area (Å²) in [6.45, 7) is 2.20. The topological polar surface area (TPSA) is 12.0 Å². The Morgan fingerprint density at radius 3 is 2.58 bits per heavy atom. The average Bonchev–Trinajstić information content (AvgIpc) is 2.35. The molecule has 2 aromatic rings. The molecule has 0 aliphatic heterocycles. The van der Waals surface area contributed by atoms with Crippen molar-refractivity contribution >= 4 is 17.3 Å². The van der Waals surface area contributed by atoms with Gasteiger partial charge in [-0.3, -0.25) is 0 Å². The predicted molar refractivity (Wildman–Crippen MR) is 82.0 cm³/mol. The van der Waals surface area contributed by atoms with Crippen molar-refractivity contribution in [2.75, 3.05) is 5.32 Å². The highest BCUT2D eigenvalue weighted by Crippen LogP contribution is 2.39. The molecule has 2 aromatic carbocycles. The number of rotatable bonds is 3. The van der Waals surface area contributed by atoms with Crippen LogP contribution < -0.4 is 5.32 Å². The summed E-state index contributed by atoms with van der Waals surface area (Å²) >= 11 is 5.99. The highest BCUT2D eigenvalue weighted by atomic mass is 35.5. The second-order valence-corrected chi connectivity index (χ2v) is 5.81. The summed E-state index contributed by atoms with van der Waals surface area (Å²) in [4.78, 5) is 0. The number of aryl methyl sites for hydroxylation is 1. The lowest BCUT2D eigenvalue weighted by atomic mass is 9.74. The van der Waals surface area contributed by atoms with E-state index in [1.54, 1.807) is 0 Å². The Morgan fingerprint density at radius 1 is 1.05 bits per heavy atom. The van der Waals surface area contributed by atoms with Gasteiger partial charge in [-0.05, 0) is 55.0 Å². The van der Waals surface area contributed by atoms with Crippen molar-refractivity contribution in [1.29, 1.82) is 0 Å². The molecule has 1 saturated carbocycles. The predicted octanol–water partition coefficient (Wildman–Crippen LogP) is 5.01. The van der Waals surface area contributed by atoms with Crippen LogP contribution in [0.25, 0.3) is 0 Å². The Bertz CT molecular complexity index is 573. The number of hydrogen-bond acceptors (Lipinski definition) is 1. The first-order valence-electron chi connectivity index (χ1n) is 6.80. The minimum atomic E-state index is 0.572. The van der Waals surface area contributed by atoms with Crippen molar-refractivity contribution in [1.82, 2.24) is 0 Å². The van der Waals surface area contributed by atoms with E-state index in [1.807, 2.05) is 18.2 Å². The van der Waals surface area contributed by atoms with Crippen LogP contribution in [0.1, 0.15) is 29.9 Å². The third-order valence-corrected chi connectivity index (χ3v) is 4.20. The molecule has 98 valence electrons. The van der Waals surface area contributed by atoms with Crippen molar-refractivity contribution in [3.63, 3.8) is 0 Å². The first-order valence-corrected chi connectivity index (χ1v) is 7.18. The van der Waals surface area contributed by atoms with Crippen molar-refractivity contribution in [3.8, 4) is 0 Å².